The van der Waals surface area contributed by atoms with Gasteiger partial charge in [0, 0.05) is 23.9 Å². The predicted octanol–water partition coefficient (Wildman–Crippen LogP) is 6.17. The summed E-state index contributed by atoms with van der Waals surface area (Å²) in [6.45, 7) is 0. The van der Waals surface area contributed by atoms with Gasteiger partial charge in [0.25, 0.3) is 0 Å². The Morgan fingerprint density at radius 1 is 0.821 bits per heavy atom. The molecule has 0 bridgehead atoms. The first kappa shape index (κ1) is 20.0. The number of allylic oxidation sites excluding steroid dienone is 2. The van der Waals surface area contributed by atoms with Gasteiger partial charge in [0.2, 0.25) is 0 Å². The zero-order valence-electron chi connectivity index (χ0n) is 14.4. The Labute approximate surface area is 156 Å². The van der Waals surface area contributed by atoms with Crippen molar-refractivity contribution in [3.63, 3.8) is 0 Å². The average molecular weight is 399 g/mol. The van der Waals surface area contributed by atoms with Crippen LogP contribution in [0.1, 0.15) is 35.4 Å². The third kappa shape index (κ3) is 4.74. The summed E-state index contributed by atoms with van der Waals surface area (Å²) in [6, 6.07) is 10.3. The standard InChI is InChI=1S/C20H15F6NO/c21-19(22,23)14-8-15(20(24,25)26)10-17(9-14)27-16-6-13(7-18(28)11-16)12-4-2-1-3-5-12/h1-5,8-11,13,27H,6-7H2/t13-/m0/s1. The van der Waals surface area contributed by atoms with E-state index < -0.39 is 23.5 Å². The molecule has 1 N–H and O–H groups in total. The largest absolute Gasteiger partial charge is 0.416 e. The van der Waals surface area contributed by atoms with Crippen molar-refractivity contribution in [2.75, 3.05) is 5.32 Å². The fourth-order valence-electron chi connectivity index (χ4n) is 3.15. The minimum absolute atomic E-state index is 0.0678. The van der Waals surface area contributed by atoms with Crippen LogP contribution in [0.15, 0.2) is 60.3 Å². The van der Waals surface area contributed by atoms with Crippen LogP contribution in [0, 0.1) is 0 Å². The molecule has 0 saturated carbocycles. The molecule has 0 fully saturated rings. The van der Waals surface area contributed by atoms with Gasteiger partial charge in [-0.3, -0.25) is 4.79 Å². The van der Waals surface area contributed by atoms with Gasteiger partial charge in [-0.2, -0.15) is 26.3 Å². The molecule has 3 rings (SSSR count). The Morgan fingerprint density at radius 3 is 1.93 bits per heavy atom. The first-order valence-electron chi connectivity index (χ1n) is 8.37. The van der Waals surface area contributed by atoms with E-state index in [-0.39, 0.29) is 35.6 Å². The highest BCUT2D eigenvalue weighted by Gasteiger charge is 2.37. The van der Waals surface area contributed by atoms with Crippen LogP contribution >= 0.6 is 0 Å². The lowest BCUT2D eigenvalue weighted by Gasteiger charge is -2.24. The molecule has 0 saturated heterocycles. The predicted molar refractivity (Wildman–Crippen MR) is 91.6 cm³/mol. The number of rotatable bonds is 3. The van der Waals surface area contributed by atoms with Crippen molar-refractivity contribution < 1.29 is 31.1 Å². The number of anilines is 1. The van der Waals surface area contributed by atoms with E-state index in [4.69, 9.17) is 0 Å². The summed E-state index contributed by atoms with van der Waals surface area (Å²) in [4.78, 5) is 12.0. The fourth-order valence-corrected chi connectivity index (χ4v) is 3.15. The number of halogens is 6. The zero-order valence-corrected chi connectivity index (χ0v) is 14.4. The number of carbonyl (C=O) groups excluding carboxylic acids is 1. The topological polar surface area (TPSA) is 29.1 Å². The van der Waals surface area contributed by atoms with E-state index in [2.05, 4.69) is 5.32 Å². The average Bonchev–Trinajstić information content (AvgIpc) is 2.60. The smallest absolute Gasteiger partial charge is 0.359 e. The molecule has 0 amide bonds. The minimum Gasteiger partial charge on any atom is -0.359 e. The zero-order chi connectivity index (χ0) is 20.5. The van der Waals surface area contributed by atoms with Gasteiger partial charge in [0.15, 0.2) is 5.78 Å². The van der Waals surface area contributed by atoms with Gasteiger partial charge in [0.05, 0.1) is 11.1 Å². The van der Waals surface area contributed by atoms with E-state index in [0.29, 0.717) is 18.6 Å². The fraction of sp³-hybridized carbons (Fsp3) is 0.250. The molecule has 1 aliphatic carbocycles. The third-order valence-corrected chi connectivity index (χ3v) is 4.41. The Bertz CT molecular complexity index is 867. The number of alkyl halides is 6. The van der Waals surface area contributed by atoms with E-state index in [1.54, 1.807) is 12.1 Å². The highest BCUT2D eigenvalue weighted by Crippen LogP contribution is 2.39. The second-order valence-electron chi connectivity index (χ2n) is 6.57. The van der Waals surface area contributed by atoms with Gasteiger partial charge in [0.1, 0.15) is 0 Å². The Morgan fingerprint density at radius 2 is 1.39 bits per heavy atom. The summed E-state index contributed by atoms with van der Waals surface area (Å²) in [5.74, 6) is -0.445. The molecule has 0 aliphatic heterocycles. The maximum Gasteiger partial charge on any atom is 0.416 e. The lowest BCUT2D eigenvalue weighted by atomic mass is 9.85. The lowest BCUT2D eigenvalue weighted by molar-refractivity contribution is -0.143. The highest BCUT2D eigenvalue weighted by molar-refractivity contribution is 5.92. The Balaban J connectivity index is 1.91. The van der Waals surface area contributed by atoms with Crippen molar-refractivity contribution in [1.82, 2.24) is 0 Å². The first-order chi connectivity index (χ1) is 13.0. The summed E-state index contributed by atoms with van der Waals surface area (Å²) in [7, 11) is 0. The van der Waals surface area contributed by atoms with Gasteiger partial charge in [-0.25, -0.2) is 0 Å². The molecule has 148 valence electrons. The molecule has 0 heterocycles. The van der Waals surface area contributed by atoms with Gasteiger partial charge < -0.3 is 5.32 Å². The summed E-state index contributed by atoms with van der Waals surface area (Å²) in [5.41, 5.74) is -2.03. The summed E-state index contributed by atoms with van der Waals surface area (Å²) < 4.78 is 78.0. The molecule has 28 heavy (non-hydrogen) atoms. The third-order valence-electron chi connectivity index (χ3n) is 4.41. The van der Waals surface area contributed by atoms with Crippen LogP contribution in [0.3, 0.4) is 0 Å². The molecular weight excluding hydrogens is 384 g/mol. The number of carbonyl (C=O) groups is 1. The SMILES string of the molecule is O=C1C=C(Nc2cc(C(F)(F)F)cc(C(F)(F)F)c2)C[C@H](c2ccccc2)C1. The summed E-state index contributed by atoms with van der Waals surface area (Å²) in [5, 5.41) is 2.58. The molecule has 8 heteroatoms. The van der Waals surface area contributed by atoms with Crippen molar-refractivity contribution in [2.45, 2.75) is 31.1 Å². The Hall–Kier alpha value is -2.77. The molecule has 2 nitrogen and oxygen atoms in total. The summed E-state index contributed by atoms with van der Waals surface area (Å²) >= 11 is 0. The molecule has 0 aromatic heterocycles. The summed E-state index contributed by atoms with van der Waals surface area (Å²) in [6.07, 6.45) is -8.10. The van der Waals surface area contributed by atoms with E-state index in [1.165, 1.54) is 6.08 Å². The van der Waals surface area contributed by atoms with E-state index in [1.807, 2.05) is 18.2 Å². The van der Waals surface area contributed by atoms with E-state index in [0.717, 1.165) is 5.56 Å². The molecule has 1 aliphatic rings. The van der Waals surface area contributed by atoms with Crippen LogP contribution in [0.2, 0.25) is 0 Å². The second-order valence-corrected chi connectivity index (χ2v) is 6.57. The van der Waals surface area contributed by atoms with Crippen LogP contribution in [-0.2, 0) is 17.1 Å². The number of hydrogen-bond donors (Lipinski definition) is 1. The van der Waals surface area contributed by atoms with Crippen LogP contribution in [-0.4, -0.2) is 5.78 Å². The molecule has 0 unspecified atom stereocenters. The normalized spacial score (nSPS) is 18.0. The monoisotopic (exact) mass is 399 g/mol. The molecule has 2 aromatic rings. The maximum absolute atomic E-state index is 13.0. The maximum atomic E-state index is 13.0. The highest BCUT2D eigenvalue weighted by atomic mass is 19.4. The van der Waals surface area contributed by atoms with Crippen LogP contribution < -0.4 is 5.32 Å². The van der Waals surface area contributed by atoms with Crippen LogP contribution in [0.25, 0.3) is 0 Å². The van der Waals surface area contributed by atoms with Crippen molar-refractivity contribution in [3.8, 4) is 0 Å². The minimum atomic E-state index is -4.93. The molecule has 2 aromatic carbocycles. The van der Waals surface area contributed by atoms with Crippen LogP contribution in [0.5, 0.6) is 0 Å². The molecule has 0 spiro atoms. The molecule has 1 atom stereocenters. The van der Waals surface area contributed by atoms with Gasteiger partial charge in [-0.05, 0) is 36.1 Å². The van der Waals surface area contributed by atoms with Gasteiger partial charge >= 0.3 is 12.4 Å². The Kier molecular flexibility index (Phi) is 5.23. The number of nitrogens with one attached hydrogen (secondary N) is 1. The van der Waals surface area contributed by atoms with Crippen LogP contribution in [0.4, 0.5) is 32.0 Å². The molecular formula is C20H15F6NO. The number of ketones is 1. The quantitative estimate of drug-likeness (QED) is 0.626. The van der Waals surface area contributed by atoms with Gasteiger partial charge in [-0.1, -0.05) is 30.3 Å². The van der Waals surface area contributed by atoms with Crippen molar-refractivity contribution in [3.05, 3.63) is 77.0 Å². The number of benzene rings is 2. The van der Waals surface area contributed by atoms with E-state index >= 15 is 0 Å². The lowest BCUT2D eigenvalue weighted by Crippen LogP contribution is -2.17. The van der Waals surface area contributed by atoms with Crippen molar-refractivity contribution in [2.24, 2.45) is 0 Å². The number of hydrogen-bond acceptors (Lipinski definition) is 2. The van der Waals surface area contributed by atoms with Gasteiger partial charge in [-0.15, -0.1) is 0 Å². The van der Waals surface area contributed by atoms with Crippen molar-refractivity contribution >= 4 is 11.5 Å². The first-order valence-corrected chi connectivity index (χ1v) is 8.37. The van der Waals surface area contributed by atoms with Crippen molar-refractivity contribution in [1.29, 1.82) is 0 Å². The second kappa shape index (κ2) is 7.33. The van der Waals surface area contributed by atoms with E-state index in [9.17, 15) is 31.1 Å². The molecule has 0 radical (unpaired) electrons.